The number of amides is 2. The van der Waals surface area contributed by atoms with E-state index in [0.29, 0.717) is 5.56 Å². The zero-order valence-electron chi connectivity index (χ0n) is 13.3. The zero-order valence-corrected chi connectivity index (χ0v) is 13.3. The van der Waals surface area contributed by atoms with Crippen LogP contribution >= 0.6 is 0 Å². The first-order valence-electron chi connectivity index (χ1n) is 7.22. The van der Waals surface area contributed by atoms with E-state index in [1.807, 2.05) is 0 Å². The SMILES string of the molecule is COc1cc(C=NNC(=O)CNC(=O)c2ccc(F)cc2)ccc1O. The number of nitrogens with one attached hydrogen (secondary N) is 2. The number of hydrogen-bond donors (Lipinski definition) is 3. The summed E-state index contributed by atoms with van der Waals surface area (Å²) in [6, 6.07) is 9.52. The van der Waals surface area contributed by atoms with Crippen molar-refractivity contribution in [3.05, 3.63) is 59.4 Å². The molecule has 0 atom stereocenters. The van der Waals surface area contributed by atoms with Gasteiger partial charge in [0.25, 0.3) is 11.8 Å². The first kappa shape index (κ1) is 17.9. The van der Waals surface area contributed by atoms with Gasteiger partial charge in [-0.05, 0) is 48.0 Å². The van der Waals surface area contributed by atoms with E-state index in [-0.39, 0.29) is 23.6 Å². The number of phenolic OH excluding ortho intramolecular Hbond substituents is 1. The molecule has 0 unspecified atom stereocenters. The molecule has 0 spiro atoms. The number of ether oxygens (including phenoxy) is 1. The lowest BCUT2D eigenvalue weighted by Gasteiger charge is -2.05. The van der Waals surface area contributed by atoms with Crippen LogP contribution in [-0.4, -0.2) is 36.8 Å². The Hall–Kier alpha value is -3.42. The Morgan fingerprint density at radius 2 is 1.96 bits per heavy atom. The van der Waals surface area contributed by atoms with Gasteiger partial charge in [0, 0.05) is 5.56 Å². The summed E-state index contributed by atoms with van der Waals surface area (Å²) < 4.78 is 17.7. The lowest BCUT2D eigenvalue weighted by atomic mass is 10.2. The van der Waals surface area contributed by atoms with Crippen LogP contribution in [0, 0.1) is 5.82 Å². The van der Waals surface area contributed by atoms with Crippen LogP contribution in [0.4, 0.5) is 4.39 Å². The third-order valence-corrected chi connectivity index (χ3v) is 3.12. The molecule has 7 nitrogen and oxygen atoms in total. The average Bonchev–Trinajstić information content (AvgIpc) is 2.61. The lowest BCUT2D eigenvalue weighted by Crippen LogP contribution is -2.34. The van der Waals surface area contributed by atoms with Crippen molar-refractivity contribution in [1.29, 1.82) is 0 Å². The predicted molar refractivity (Wildman–Crippen MR) is 89.1 cm³/mol. The number of halogens is 1. The first-order valence-corrected chi connectivity index (χ1v) is 7.22. The van der Waals surface area contributed by atoms with Crippen molar-refractivity contribution in [3.8, 4) is 11.5 Å². The van der Waals surface area contributed by atoms with Crippen LogP contribution in [0.15, 0.2) is 47.6 Å². The van der Waals surface area contributed by atoms with Crippen LogP contribution in [0.1, 0.15) is 15.9 Å². The Balaban J connectivity index is 1.82. The third-order valence-electron chi connectivity index (χ3n) is 3.12. The summed E-state index contributed by atoms with van der Waals surface area (Å²) in [5.74, 6) is -1.21. The molecule has 0 aromatic heterocycles. The number of methoxy groups -OCH3 is 1. The van der Waals surface area contributed by atoms with E-state index in [9.17, 15) is 19.1 Å². The highest BCUT2D eigenvalue weighted by atomic mass is 19.1. The summed E-state index contributed by atoms with van der Waals surface area (Å²) in [5, 5.41) is 15.6. The molecular formula is C17H16FN3O4. The van der Waals surface area contributed by atoms with Gasteiger partial charge in [-0.15, -0.1) is 0 Å². The van der Waals surface area contributed by atoms with Crippen molar-refractivity contribution in [1.82, 2.24) is 10.7 Å². The van der Waals surface area contributed by atoms with Crippen molar-refractivity contribution in [2.45, 2.75) is 0 Å². The molecule has 2 rings (SSSR count). The minimum Gasteiger partial charge on any atom is -0.504 e. The second-order valence-corrected chi connectivity index (χ2v) is 4.91. The largest absolute Gasteiger partial charge is 0.504 e. The molecule has 0 aliphatic rings. The van der Waals surface area contributed by atoms with Crippen LogP contribution in [-0.2, 0) is 4.79 Å². The molecule has 0 radical (unpaired) electrons. The Morgan fingerprint density at radius 1 is 1.24 bits per heavy atom. The van der Waals surface area contributed by atoms with Gasteiger partial charge in [-0.1, -0.05) is 0 Å². The van der Waals surface area contributed by atoms with E-state index >= 15 is 0 Å². The monoisotopic (exact) mass is 345 g/mol. The Morgan fingerprint density at radius 3 is 2.64 bits per heavy atom. The molecule has 2 aromatic rings. The van der Waals surface area contributed by atoms with Gasteiger partial charge < -0.3 is 15.2 Å². The number of aromatic hydroxyl groups is 1. The zero-order chi connectivity index (χ0) is 18.2. The number of rotatable bonds is 6. The smallest absolute Gasteiger partial charge is 0.259 e. The minimum atomic E-state index is -0.530. The number of carbonyl (C=O) groups excluding carboxylic acids is 2. The minimum absolute atomic E-state index is 0.00723. The number of benzene rings is 2. The van der Waals surface area contributed by atoms with E-state index in [0.717, 1.165) is 12.1 Å². The lowest BCUT2D eigenvalue weighted by molar-refractivity contribution is -0.120. The van der Waals surface area contributed by atoms with Gasteiger partial charge in [0.05, 0.1) is 19.9 Å². The van der Waals surface area contributed by atoms with Gasteiger partial charge in [-0.2, -0.15) is 5.10 Å². The fourth-order valence-electron chi connectivity index (χ4n) is 1.86. The predicted octanol–water partition coefficient (Wildman–Crippen LogP) is 1.42. The fourth-order valence-corrected chi connectivity index (χ4v) is 1.86. The summed E-state index contributed by atoms with van der Waals surface area (Å²) in [6.07, 6.45) is 1.36. The Bertz CT molecular complexity index is 791. The number of nitrogens with zero attached hydrogens (tertiary/aromatic N) is 1. The normalized spacial score (nSPS) is 10.5. The standard InChI is InChI=1S/C17H16FN3O4/c1-25-15-8-11(2-7-14(15)22)9-20-21-16(23)10-19-17(24)12-3-5-13(18)6-4-12/h2-9,22H,10H2,1H3,(H,19,24)(H,21,23). The third kappa shape index (κ3) is 5.31. The van der Waals surface area contributed by atoms with Crippen molar-refractivity contribution < 1.29 is 23.8 Å². The van der Waals surface area contributed by atoms with Crippen LogP contribution in [0.2, 0.25) is 0 Å². The summed E-state index contributed by atoms with van der Waals surface area (Å²) in [7, 11) is 1.42. The summed E-state index contributed by atoms with van der Waals surface area (Å²) >= 11 is 0. The van der Waals surface area contributed by atoms with Crippen LogP contribution in [0.3, 0.4) is 0 Å². The highest BCUT2D eigenvalue weighted by Gasteiger charge is 2.07. The summed E-state index contributed by atoms with van der Waals surface area (Å²) in [6.45, 7) is -0.285. The average molecular weight is 345 g/mol. The van der Waals surface area contributed by atoms with Gasteiger partial charge >= 0.3 is 0 Å². The molecule has 0 aliphatic carbocycles. The number of carbonyl (C=O) groups is 2. The molecule has 0 heterocycles. The molecule has 0 bridgehead atoms. The molecule has 25 heavy (non-hydrogen) atoms. The summed E-state index contributed by atoms with van der Waals surface area (Å²) in [5.41, 5.74) is 3.10. The molecule has 3 N–H and O–H groups in total. The van der Waals surface area contributed by atoms with E-state index in [4.69, 9.17) is 4.74 Å². The highest BCUT2D eigenvalue weighted by molar-refractivity contribution is 5.96. The first-order chi connectivity index (χ1) is 12.0. The van der Waals surface area contributed by atoms with Gasteiger partial charge in [0.15, 0.2) is 11.5 Å². The van der Waals surface area contributed by atoms with E-state index in [1.54, 1.807) is 12.1 Å². The second-order valence-electron chi connectivity index (χ2n) is 4.91. The van der Waals surface area contributed by atoms with Gasteiger partial charge in [0.2, 0.25) is 0 Å². The molecule has 130 valence electrons. The van der Waals surface area contributed by atoms with Gasteiger partial charge in [-0.25, -0.2) is 9.82 Å². The maximum absolute atomic E-state index is 12.8. The van der Waals surface area contributed by atoms with Crippen molar-refractivity contribution in [2.24, 2.45) is 5.10 Å². The van der Waals surface area contributed by atoms with E-state index < -0.39 is 17.6 Å². The number of phenols is 1. The summed E-state index contributed by atoms with van der Waals surface area (Å²) in [4.78, 5) is 23.4. The maximum atomic E-state index is 12.8. The molecular weight excluding hydrogens is 329 g/mol. The molecule has 2 aromatic carbocycles. The van der Waals surface area contributed by atoms with Crippen molar-refractivity contribution >= 4 is 18.0 Å². The van der Waals surface area contributed by atoms with Crippen LogP contribution in [0.5, 0.6) is 11.5 Å². The fraction of sp³-hybridized carbons (Fsp3) is 0.118. The second kappa shape index (κ2) is 8.44. The molecule has 0 saturated heterocycles. The molecule has 0 saturated carbocycles. The topological polar surface area (TPSA) is 100 Å². The highest BCUT2D eigenvalue weighted by Crippen LogP contribution is 2.25. The molecule has 0 fully saturated rings. The Kier molecular flexibility index (Phi) is 6.05. The molecule has 8 heteroatoms. The van der Waals surface area contributed by atoms with E-state index in [2.05, 4.69) is 15.8 Å². The molecule has 0 aliphatic heterocycles. The van der Waals surface area contributed by atoms with Gasteiger partial charge in [0.1, 0.15) is 5.82 Å². The quantitative estimate of drug-likeness (QED) is 0.544. The van der Waals surface area contributed by atoms with Crippen molar-refractivity contribution in [3.63, 3.8) is 0 Å². The van der Waals surface area contributed by atoms with E-state index in [1.165, 1.54) is 31.5 Å². The Labute approximate surface area is 143 Å². The molecule has 2 amide bonds. The maximum Gasteiger partial charge on any atom is 0.259 e. The van der Waals surface area contributed by atoms with Crippen LogP contribution in [0.25, 0.3) is 0 Å². The van der Waals surface area contributed by atoms with Crippen molar-refractivity contribution in [2.75, 3.05) is 13.7 Å². The number of hydrogen-bond acceptors (Lipinski definition) is 5. The number of hydrazone groups is 1. The van der Waals surface area contributed by atoms with Gasteiger partial charge in [-0.3, -0.25) is 9.59 Å². The van der Waals surface area contributed by atoms with Crippen LogP contribution < -0.4 is 15.5 Å².